The van der Waals surface area contributed by atoms with E-state index >= 15 is 0 Å². The summed E-state index contributed by atoms with van der Waals surface area (Å²) in [7, 11) is -3.75. The minimum Gasteiger partial charge on any atom is -0.372 e. The molecule has 2 aromatic rings. The lowest BCUT2D eigenvalue weighted by atomic mass is 10.1. The molecule has 1 aliphatic heterocycles. The van der Waals surface area contributed by atoms with Gasteiger partial charge in [0.2, 0.25) is 10.0 Å². The average Bonchev–Trinajstić information content (AvgIpc) is 3.16. The van der Waals surface area contributed by atoms with E-state index in [1.165, 1.54) is 42.8 Å². The number of amides is 2. The van der Waals surface area contributed by atoms with Gasteiger partial charge in [-0.2, -0.15) is 0 Å². The summed E-state index contributed by atoms with van der Waals surface area (Å²) in [5.41, 5.74) is 2.69. The number of hydrogen-bond acceptors (Lipinski definition) is 4. The Hall–Kier alpha value is -2.58. The zero-order valence-corrected chi connectivity index (χ0v) is 16.0. The van der Waals surface area contributed by atoms with Gasteiger partial charge in [0.15, 0.2) is 0 Å². The zero-order chi connectivity index (χ0) is 19.4. The highest BCUT2D eigenvalue weighted by atomic mass is 32.2. The maximum Gasteiger partial charge on any atom is 0.319 e. The number of anilines is 2. The quantitative estimate of drug-likeness (QED) is 0.732. The van der Waals surface area contributed by atoms with Crippen LogP contribution in [-0.4, -0.2) is 27.5 Å². The molecule has 1 saturated heterocycles. The second-order valence-corrected chi connectivity index (χ2v) is 8.24. The van der Waals surface area contributed by atoms with E-state index in [1.807, 2.05) is 19.1 Å². The van der Waals surface area contributed by atoms with E-state index in [0.717, 1.165) is 18.7 Å². The van der Waals surface area contributed by atoms with Crippen LogP contribution >= 0.6 is 0 Å². The Labute approximate surface area is 159 Å². The Morgan fingerprint density at radius 2 is 1.78 bits per heavy atom. The van der Waals surface area contributed by atoms with Gasteiger partial charge in [-0.15, -0.1) is 0 Å². The SMILES string of the molecule is CC(NC(=O)Nc1ccc(S(N)(=O)=O)cc1)c1cccc(N2CCCC2)c1. The minimum atomic E-state index is -3.75. The fourth-order valence-corrected chi connectivity index (χ4v) is 3.66. The van der Waals surface area contributed by atoms with Crippen molar-refractivity contribution in [3.63, 3.8) is 0 Å². The Kier molecular flexibility index (Phi) is 5.67. The van der Waals surface area contributed by atoms with Crippen LogP contribution in [0.2, 0.25) is 0 Å². The van der Waals surface area contributed by atoms with Gasteiger partial charge in [0.05, 0.1) is 10.9 Å². The number of primary sulfonamides is 1. The van der Waals surface area contributed by atoms with Crippen LogP contribution in [0.15, 0.2) is 53.4 Å². The molecule has 8 heteroatoms. The molecule has 7 nitrogen and oxygen atoms in total. The number of rotatable bonds is 5. The maximum atomic E-state index is 12.2. The third kappa shape index (κ3) is 4.99. The highest BCUT2D eigenvalue weighted by Crippen LogP contribution is 2.24. The molecule has 1 unspecified atom stereocenters. The summed E-state index contributed by atoms with van der Waals surface area (Å²) in [4.78, 5) is 14.6. The summed E-state index contributed by atoms with van der Waals surface area (Å²) in [6.07, 6.45) is 2.43. The van der Waals surface area contributed by atoms with Crippen LogP contribution in [0.3, 0.4) is 0 Å². The first-order valence-electron chi connectivity index (χ1n) is 8.88. The predicted octanol–water partition coefficient (Wildman–Crippen LogP) is 2.82. The van der Waals surface area contributed by atoms with E-state index < -0.39 is 10.0 Å². The molecule has 0 saturated carbocycles. The summed E-state index contributed by atoms with van der Waals surface area (Å²) < 4.78 is 22.5. The highest BCUT2D eigenvalue weighted by molar-refractivity contribution is 7.89. The molecule has 1 atom stereocenters. The van der Waals surface area contributed by atoms with Crippen LogP contribution in [0.1, 0.15) is 31.4 Å². The molecule has 0 aromatic heterocycles. The van der Waals surface area contributed by atoms with Crippen molar-refractivity contribution in [2.24, 2.45) is 5.14 Å². The van der Waals surface area contributed by atoms with Crippen molar-refractivity contribution >= 4 is 27.4 Å². The fraction of sp³-hybridized carbons (Fsp3) is 0.316. The zero-order valence-electron chi connectivity index (χ0n) is 15.2. The number of carbonyl (C=O) groups excluding carboxylic acids is 1. The smallest absolute Gasteiger partial charge is 0.319 e. The average molecular weight is 388 g/mol. The number of nitrogens with one attached hydrogen (secondary N) is 2. The molecule has 4 N–H and O–H groups in total. The number of urea groups is 1. The van der Waals surface area contributed by atoms with Crippen LogP contribution < -0.4 is 20.7 Å². The predicted molar refractivity (Wildman–Crippen MR) is 106 cm³/mol. The molecule has 1 heterocycles. The third-order valence-corrected chi connectivity index (χ3v) is 5.56. The van der Waals surface area contributed by atoms with E-state index in [2.05, 4.69) is 27.7 Å². The van der Waals surface area contributed by atoms with Crippen molar-refractivity contribution < 1.29 is 13.2 Å². The summed E-state index contributed by atoms with van der Waals surface area (Å²) in [6, 6.07) is 13.4. The number of nitrogens with two attached hydrogens (primary N) is 1. The van der Waals surface area contributed by atoms with Crippen molar-refractivity contribution in [2.45, 2.75) is 30.7 Å². The van der Waals surface area contributed by atoms with Gasteiger partial charge in [0.25, 0.3) is 0 Å². The van der Waals surface area contributed by atoms with Crippen molar-refractivity contribution in [3.8, 4) is 0 Å². The molecule has 0 radical (unpaired) electrons. The highest BCUT2D eigenvalue weighted by Gasteiger charge is 2.15. The van der Waals surface area contributed by atoms with Gasteiger partial charge in [-0.05, 0) is 61.7 Å². The molecular formula is C19H24N4O3S. The number of sulfonamides is 1. The topological polar surface area (TPSA) is 105 Å². The molecule has 0 bridgehead atoms. The second-order valence-electron chi connectivity index (χ2n) is 6.68. The van der Waals surface area contributed by atoms with Crippen LogP contribution in [-0.2, 0) is 10.0 Å². The summed E-state index contributed by atoms with van der Waals surface area (Å²) >= 11 is 0. The lowest BCUT2D eigenvalue weighted by Gasteiger charge is -2.21. The molecule has 27 heavy (non-hydrogen) atoms. The first-order valence-corrected chi connectivity index (χ1v) is 10.4. The lowest BCUT2D eigenvalue weighted by Crippen LogP contribution is -2.31. The number of benzene rings is 2. The van der Waals surface area contributed by atoms with E-state index in [1.54, 1.807) is 0 Å². The Morgan fingerprint density at radius 1 is 1.11 bits per heavy atom. The van der Waals surface area contributed by atoms with Gasteiger partial charge in [-0.1, -0.05) is 12.1 Å². The first-order chi connectivity index (χ1) is 12.8. The van der Waals surface area contributed by atoms with Crippen molar-refractivity contribution in [1.82, 2.24) is 5.32 Å². The minimum absolute atomic E-state index is 0.000513. The summed E-state index contributed by atoms with van der Waals surface area (Å²) in [5, 5.41) is 10.7. The van der Waals surface area contributed by atoms with Crippen molar-refractivity contribution in [1.29, 1.82) is 0 Å². The lowest BCUT2D eigenvalue weighted by molar-refractivity contribution is 0.249. The number of hydrogen-bond donors (Lipinski definition) is 3. The summed E-state index contributed by atoms with van der Waals surface area (Å²) in [6.45, 7) is 4.06. The van der Waals surface area contributed by atoms with Gasteiger partial charge in [0, 0.05) is 24.5 Å². The van der Waals surface area contributed by atoms with Crippen molar-refractivity contribution in [2.75, 3.05) is 23.3 Å². The Morgan fingerprint density at radius 3 is 2.41 bits per heavy atom. The monoisotopic (exact) mass is 388 g/mol. The molecule has 3 rings (SSSR count). The second kappa shape index (κ2) is 7.98. The molecule has 1 fully saturated rings. The van der Waals surface area contributed by atoms with Crippen molar-refractivity contribution in [3.05, 3.63) is 54.1 Å². The Balaban J connectivity index is 1.61. The molecule has 144 valence electrons. The Bertz CT molecular complexity index is 907. The van der Waals surface area contributed by atoms with Crippen LogP contribution in [0.5, 0.6) is 0 Å². The van der Waals surface area contributed by atoms with E-state index in [0.29, 0.717) is 5.69 Å². The molecule has 0 aliphatic carbocycles. The van der Waals surface area contributed by atoms with E-state index in [4.69, 9.17) is 5.14 Å². The normalized spacial score (nSPS) is 15.4. The molecule has 2 aromatic carbocycles. The van der Waals surface area contributed by atoms with Crippen LogP contribution in [0.25, 0.3) is 0 Å². The van der Waals surface area contributed by atoms with Crippen LogP contribution in [0, 0.1) is 0 Å². The summed E-state index contributed by atoms with van der Waals surface area (Å²) in [5.74, 6) is 0. The molecular weight excluding hydrogens is 364 g/mol. The van der Waals surface area contributed by atoms with E-state index in [-0.39, 0.29) is 17.0 Å². The van der Waals surface area contributed by atoms with Gasteiger partial charge in [-0.25, -0.2) is 18.4 Å². The molecule has 1 aliphatic rings. The van der Waals surface area contributed by atoms with Crippen LogP contribution in [0.4, 0.5) is 16.2 Å². The maximum absolute atomic E-state index is 12.2. The van der Waals surface area contributed by atoms with Gasteiger partial charge in [0.1, 0.15) is 0 Å². The first kappa shape index (κ1) is 19.2. The third-order valence-electron chi connectivity index (χ3n) is 4.63. The van der Waals surface area contributed by atoms with Gasteiger partial charge < -0.3 is 15.5 Å². The largest absolute Gasteiger partial charge is 0.372 e. The molecule has 0 spiro atoms. The number of nitrogens with zero attached hydrogens (tertiary/aromatic N) is 1. The van der Waals surface area contributed by atoms with E-state index in [9.17, 15) is 13.2 Å². The fourth-order valence-electron chi connectivity index (χ4n) is 3.14. The standard InChI is InChI=1S/C19H24N4O3S/c1-14(15-5-4-6-17(13-15)23-11-2-3-12-23)21-19(24)22-16-7-9-18(10-8-16)27(20,25)26/h4-10,13-14H,2-3,11-12H2,1H3,(H2,20,25,26)(H2,21,22,24). The molecule has 2 amide bonds. The number of carbonyl (C=O) groups is 1. The van der Waals surface area contributed by atoms with Gasteiger partial charge >= 0.3 is 6.03 Å². The van der Waals surface area contributed by atoms with Gasteiger partial charge in [-0.3, -0.25) is 0 Å².